The van der Waals surface area contributed by atoms with Crippen molar-refractivity contribution in [1.82, 2.24) is 19.6 Å². The number of nitrogens with one attached hydrogen (secondary N) is 1. The monoisotopic (exact) mass is 413 g/mol. The van der Waals surface area contributed by atoms with Crippen molar-refractivity contribution in [3.8, 4) is 10.6 Å². The summed E-state index contributed by atoms with van der Waals surface area (Å²) in [7, 11) is 0. The molecule has 0 aromatic carbocycles. The highest BCUT2D eigenvalue weighted by Crippen LogP contribution is 2.25. The lowest BCUT2D eigenvalue weighted by atomic mass is 10.3. The first-order valence-corrected chi connectivity index (χ1v) is 10.2. The van der Waals surface area contributed by atoms with Crippen LogP contribution in [0.5, 0.6) is 0 Å². The second-order valence-electron chi connectivity index (χ2n) is 5.68. The Morgan fingerprint density at radius 2 is 2.18 bits per heavy atom. The van der Waals surface area contributed by atoms with E-state index in [4.69, 9.17) is 4.74 Å². The highest BCUT2D eigenvalue weighted by molar-refractivity contribution is 7.14. The number of ether oxygens (including phenoxy) is 1. The summed E-state index contributed by atoms with van der Waals surface area (Å²) in [6.45, 7) is 2.07. The van der Waals surface area contributed by atoms with Crippen molar-refractivity contribution >= 4 is 45.3 Å². The molecule has 8 nitrogen and oxygen atoms in total. The molecule has 0 saturated carbocycles. The standard InChI is InChI=1S/C18H15N5O3S2/c1-2-26-15(24)8-11-10-28-18(21-11)22-17(25)12-9-20-23-13(5-6-19-16(12)23)14-4-3-7-27-14/h3-7,9-10H,2,8H2,1H3,(H,21,22,25). The first-order valence-electron chi connectivity index (χ1n) is 8.43. The summed E-state index contributed by atoms with van der Waals surface area (Å²) in [5, 5.41) is 11.2. The molecule has 0 fully saturated rings. The van der Waals surface area contributed by atoms with E-state index in [2.05, 4.69) is 20.4 Å². The van der Waals surface area contributed by atoms with Crippen molar-refractivity contribution in [1.29, 1.82) is 0 Å². The van der Waals surface area contributed by atoms with Crippen molar-refractivity contribution in [2.45, 2.75) is 13.3 Å². The van der Waals surface area contributed by atoms with E-state index in [1.165, 1.54) is 17.5 Å². The van der Waals surface area contributed by atoms with E-state index >= 15 is 0 Å². The Bertz CT molecular complexity index is 1130. The van der Waals surface area contributed by atoms with Gasteiger partial charge in [0.05, 0.1) is 35.5 Å². The van der Waals surface area contributed by atoms with E-state index in [-0.39, 0.29) is 18.3 Å². The fourth-order valence-electron chi connectivity index (χ4n) is 2.63. The summed E-state index contributed by atoms with van der Waals surface area (Å²) in [5.74, 6) is -0.707. The molecule has 0 spiro atoms. The lowest BCUT2D eigenvalue weighted by Crippen LogP contribution is -2.12. The van der Waals surface area contributed by atoms with Crippen LogP contribution >= 0.6 is 22.7 Å². The van der Waals surface area contributed by atoms with Gasteiger partial charge in [0.2, 0.25) is 0 Å². The van der Waals surface area contributed by atoms with Crippen molar-refractivity contribution in [3.63, 3.8) is 0 Å². The first-order chi connectivity index (χ1) is 13.7. The van der Waals surface area contributed by atoms with Gasteiger partial charge in [-0.1, -0.05) is 6.07 Å². The molecule has 0 atom stereocenters. The maximum atomic E-state index is 12.7. The molecular weight excluding hydrogens is 398 g/mol. The van der Waals surface area contributed by atoms with Gasteiger partial charge >= 0.3 is 5.97 Å². The molecule has 142 valence electrons. The van der Waals surface area contributed by atoms with E-state index in [0.29, 0.717) is 28.6 Å². The fourth-order valence-corrected chi connectivity index (χ4v) is 4.07. The van der Waals surface area contributed by atoms with Gasteiger partial charge in [0.25, 0.3) is 5.91 Å². The number of rotatable bonds is 6. The highest BCUT2D eigenvalue weighted by Gasteiger charge is 2.18. The highest BCUT2D eigenvalue weighted by atomic mass is 32.1. The van der Waals surface area contributed by atoms with E-state index in [9.17, 15) is 9.59 Å². The zero-order chi connectivity index (χ0) is 19.5. The molecule has 1 amide bonds. The molecule has 4 rings (SSSR count). The molecule has 0 aliphatic heterocycles. The van der Waals surface area contributed by atoms with Crippen molar-refractivity contribution in [2.24, 2.45) is 0 Å². The van der Waals surface area contributed by atoms with E-state index in [0.717, 1.165) is 10.6 Å². The number of fused-ring (bicyclic) bond motifs is 1. The zero-order valence-corrected chi connectivity index (χ0v) is 16.4. The number of thiazole rings is 1. The number of hydrogen-bond donors (Lipinski definition) is 1. The molecule has 10 heteroatoms. The molecule has 4 aromatic heterocycles. The largest absolute Gasteiger partial charge is 0.466 e. The van der Waals surface area contributed by atoms with Crippen LogP contribution in [0, 0.1) is 0 Å². The summed E-state index contributed by atoms with van der Waals surface area (Å²) in [6, 6.07) is 5.80. The van der Waals surface area contributed by atoms with Crippen molar-refractivity contribution < 1.29 is 14.3 Å². The average Bonchev–Trinajstić information content (AvgIpc) is 3.42. The van der Waals surface area contributed by atoms with Gasteiger partial charge in [0, 0.05) is 11.6 Å². The van der Waals surface area contributed by atoms with Crippen molar-refractivity contribution in [3.05, 3.63) is 52.6 Å². The summed E-state index contributed by atoms with van der Waals surface area (Å²) >= 11 is 2.83. The van der Waals surface area contributed by atoms with Gasteiger partial charge in [-0.25, -0.2) is 14.5 Å². The Labute approximate surface area is 167 Å². The third-order valence-electron chi connectivity index (χ3n) is 3.82. The smallest absolute Gasteiger partial charge is 0.311 e. The molecule has 0 unspecified atom stereocenters. The topological polar surface area (TPSA) is 98.5 Å². The Morgan fingerprint density at radius 3 is 2.96 bits per heavy atom. The number of amides is 1. The van der Waals surface area contributed by atoms with Crippen LogP contribution in [0.3, 0.4) is 0 Å². The average molecular weight is 413 g/mol. The third-order valence-corrected chi connectivity index (χ3v) is 5.52. The molecule has 0 radical (unpaired) electrons. The van der Waals surface area contributed by atoms with Crippen molar-refractivity contribution in [2.75, 3.05) is 11.9 Å². The first kappa shape index (κ1) is 18.3. The summed E-state index contributed by atoms with van der Waals surface area (Å²) in [5.41, 5.74) is 2.23. The Balaban J connectivity index is 1.55. The van der Waals surface area contributed by atoms with E-state index in [1.807, 2.05) is 23.6 Å². The van der Waals surface area contributed by atoms with Gasteiger partial charge in [-0.2, -0.15) is 5.10 Å². The SMILES string of the molecule is CCOC(=O)Cc1csc(NC(=O)c2cnn3c(-c4cccs4)ccnc23)n1. The summed E-state index contributed by atoms with van der Waals surface area (Å²) in [4.78, 5) is 33.8. The minimum absolute atomic E-state index is 0.0721. The number of nitrogens with zero attached hydrogens (tertiary/aromatic N) is 4. The molecule has 4 aromatic rings. The van der Waals surface area contributed by atoms with Crippen LogP contribution in [-0.4, -0.2) is 38.1 Å². The number of esters is 1. The van der Waals surface area contributed by atoms with Gasteiger partial charge in [-0.15, -0.1) is 22.7 Å². The zero-order valence-electron chi connectivity index (χ0n) is 14.8. The maximum absolute atomic E-state index is 12.7. The third kappa shape index (κ3) is 3.64. The minimum atomic E-state index is -0.358. The predicted molar refractivity (Wildman–Crippen MR) is 107 cm³/mol. The molecule has 0 saturated heterocycles. The molecule has 1 N–H and O–H groups in total. The number of carbonyl (C=O) groups is 2. The van der Waals surface area contributed by atoms with Gasteiger partial charge < -0.3 is 4.74 Å². The number of thiophene rings is 1. The molecule has 0 aliphatic rings. The van der Waals surface area contributed by atoms with Gasteiger partial charge in [0.15, 0.2) is 10.8 Å². The molecule has 0 bridgehead atoms. The van der Waals surface area contributed by atoms with Crippen LogP contribution in [0.4, 0.5) is 5.13 Å². The Morgan fingerprint density at radius 1 is 1.29 bits per heavy atom. The number of carbonyl (C=O) groups excluding carboxylic acids is 2. The fraction of sp³-hybridized carbons (Fsp3) is 0.167. The second kappa shape index (κ2) is 7.87. The minimum Gasteiger partial charge on any atom is -0.466 e. The quantitative estimate of drug-likeness (QED) is 0.487. The lowest BCUT2D eigenvalue weighted by molar-refractivity contribution is -0.142. The summed E-state index contributed by atoms with van der Waals surface area (Å²) in [6.07, 6.45) is 3.22. The Kier molecular flexibility index (Phi) is 5.13. The normalized spacial score (nSPS) is 10.9. The molecule has 0 aliphatic carbocycles. The predicted octanol–water partition coefficient (Wildman–Crippen LogP) is 3.27. The van der Waals surface area contributed by atoms with Gasteiger partial charge in [-0.3, -0.25) is 14.9 Å². The van der Waals surface area contributed by atoms with Gasteiger partial charge in [0.1, 0.15) is 5.56 Å². The lowest BCUT2D eigenvalue weighted by Gasteiger charge is -2.03. The Hall–Kier alpha value is -3.11. The van der Waals surface area contributed by atoms with Gasteiger partial charge in [-0.05, 0) is 24.4 Å². The van der Waals surface area contributed by atoms with Crippen LogP contribution < -0.4 is 5.32 Å². The number of aromatic nitrogens is 4. The number of anilines is 1. The maximum Gasteiger partial charge on any atom is 0.311 e. The van der Waals surface area contributed by atoms with E-state index in [1.54, 1.807) is 34.4 Å². The molecular formula is C18H15N5O3S2. The number of hydrogen-bond acceptors (Lipinski definition) is 8. The second-order valence-corrected chi connectivity index (χ2v) is 7.49. The van der Waals surface area contributed by atoms with Crippen LogP contribution in [0.25, 0.3) is 16.2 Å². The van der Waals surface area contributed by atoms with Crippen LogP contribution in [-0.2, 0) is 16.0 Å². The molecule has 4 heterocycles. The van der Waals surface area contributed by atoms with Crippen LogP contribution in [0.2, 0.25) is 0 Å². The summed E-state index contributed by atoms with van der Waals surface area (Å²) < 4.78 is 6.55. The van der Waals surface area contributed by atoms with E-state index < -0.39 is 0 Å². The molecule has 28 heavy (non-hydrogen) atoms. The van der Waals surface area contributed by atoms with Crippen LogP contribution in [0.15, 0.2) is 41.4 Å². The van der Waals surface area contributed by atoms with Crippen LogP contribution in [0.1, 0.15) is 23.0 Å².